The first kappa shape index (κ1) is 18.1. The molecule has 3 aromatic rings. The lowest BCUT2D eigenvalue weighted by Gasteiger charge is -2.06. The third-order valence-corrected chi connectivity index (χ3v) is 4.25. The highest BCUT2D eigenvalue weighted by atomic mass is 35.5. The maximum Gasteiger partial charge on any atom is 0.288 e. The number of nitrogens with zero attached hydrogens (tertiary/aromatic N) is 2. The zero-order chi connectivity index (χ0) is 17.8. The molecule has 0 radical (unpaired) electrons. The van der Waals surface area contributed by atoms with E-state index in [4.69, 9.17) is 56.2 Å². The van der Waals surface area contributed by atoms with Crippen LogP contribution >= 0.6 is 47.0 Å². The topological polar surface area (TPSA) is 52.2 Å². The minimum Gasteiger partial charge on any atom is -0.482 e. The summed E-state index contributed by atoms with van der Waals surface area (Å²) in [4.78, 5) is 0.238. The largest absolute Gasteiger partial charge is 0.482 e. The highest BCUT2D eigenvalue weighted by molar-refractivity contribution is 7.71. The fourth-order valence-electron chi connectivity index (χ4n) is 1.97. The van der Waals surface area contributed by atoms with Crippen LogP contribution in [0.5, 0.6) is 5.75 Å². The van der Waals surface area contributed by atoms with E-state index in [0.717, 1.165) is 5.69 Å². The molecule has 3 rings (SSSR count). The Morgan fingerprint density at radius 2 is 1.80 bits per heavy atom. The molecule has 5 nitrogen and oxygen atoms in total. The van der Waals surface area contributed by atoms with Crippen LogP contribution in [0.1, 0.15) is 5.89 Å². The third kappa shape index (κ3) is 4.89. The lowest BCUT2D eigenvalue weighted by atomic mass is 10.3. The molecule has 0 aliphatic rings. The summed E-state index contributed by atoms with van der Waals surface area (Å²) >= 11 is 22.9. The van der Waals surface area contributed by atoms with Crippen LogP contribution in [0.2, 0.25) is 15.1 Å². The molecule has 1 N–H and O–H groups in total. The average molecular weight is 417 g/mol. The first-order chi connectivity index (χ1) is 12.0. The molecule has 0 aliphatic carbocycles. The quantitative estimate of drug-likeness (QED) is 0.514. The molecule has 9 heteroatoms. The van der Waals surface area contributed by atoms with Crippen molar-refractivity contribution in [2.45, 2.75) is 13.3 Å². The number of rotatable bonds is 6. The lowest BCUT2D eigenvalue weighted by molar-refractivity contribution is 0.261. The molecule has 0 fully saturated rings. The van der Waals surface area contributed by atoms with E-state index in [1.165, 1.54) is 4.68 Å². The van der Waals surface area contributed by atoms with Gasteiger partial charge in [-0.2, -0.15) is 0 Å². The van der Waals surface area contributed by atoms with Gasteiger partial charge >= 0.3 is 0 Å². The molecule has 0 saturated heterocycles. The lowest BCUT2D eigenvalue weighted by Crippen LogP contribution is -2.10. The van der Waals surface area contributed by atoms with Gasteiger partial charge in [-0.1, -0.05) is 34.8 Å². The number of nitrogens with one attached hydrogen (secondary N) is 1. The number of hydrogen-bond donors (Lipinski definition) is 1. The molecule has 130 valence electrons. The Balaban J connectivity index is 1.61. The maximum absolute atomic E-state index is 6.06. The predicted octanol–water partition coefficient (Wildman–Crippen LogP) is 5.81. The zero-order valence-electron chi connectivity index (χ0n) is 12.7. The molecule has 0 bridgehead atoms. The van der Waals surface area contributed by atoms with Crippen LogP contribution in [-0.2, 0) is 13.3 Å². The molecule has 0 atom stereocenters. The van der Waals surface area contributed by atoms with Gasteiger partial charge in [-0.3, -0.25) is 0 Å². The zero-order valence-corrected chi connectivity index (χ0v) is 15.8. The fraction of sp³-hybridized carbons (Fsp3) is 0.125. The predicted molar refractivity (Wildman–Crippen MR) is 101 cm³/mol. The second-order valence-corrected chi connectivity index (χ2v) is 6.60. The molecule has 2 aromatic carbocycles. The molecule has 25 heavy (non-hydrogen) atoms. The first-order valence-electron chi connectivity index (χ1n) is 7.15. The Kier molecular flexibility index (Phi) is 5.86. The maximum atomic E-state index is 6.06. The highest BCUT2D eigenvalue weighted by Crippen LogP contribution is 2.28. The number of hydrogen-bond acceptors (Lipinski definition) is 5. The van der Waals surface area contributed by atoms with Crippen molar-refractivity contribution in [2.75, 3.05) is 5.32 Å². The SMILES string of the molecule is S=c1oc(COc2ccc(Cl)cc2Cl)nn1CNc1ccc(Cl)cc1. The van der Waals surface area contributed by atoms with Gasteiger partial charge in [0.15, 0.2) is 6.61 Å². The number of halogens is 3. The van der Waals surface area contributed by atoms with Crippen molar-refractivity contribution in [3.8, 4) is 5.75 Å². The van der Waals surface area contributed by atoms with Crippen LogP contribution in [0.3, 0.4) is 0 Å². The van der Waals surface area contributed by atoms with Crippen LogP contribution < -0.4 is 10.1 Å². The summed E-state index contributed by atoms with van der Waals surface area (Å²) in [5.74, 6) is 0.829. The average Bonchev–Trinajstić information content (AvgIpc) is 2.93. The minimum atomic E-state index is 0.0962. The molecule has 0 amide bonds. The standard InChI is InChI=1S/C16H12Cl3N3O2S/c17-10-1-4-12(5-2-10)20-9-22-16(25)24-15(21-22)8-23-14-6-3-11(18)7-13(14)19/h1-7,20H,8-9H2. The first-order valence-corrected chi connectivity index (χ1v) is 8.69. The van der Waals surface area contributed by atoms with E-state index in [0.29, 0.717) is 33.4 Å². The Bertz CT molecular complexity index is 925. The summed E-state index contributed by atoms with van der Waals surface area (Å²) in [5.41, 5.74) is 0.889. The van der Waals surface area contributed by atoms with E-state index in [9.17, 15) is 0 Å². The second-order valence-electron chi connectivity index (χ2n) is 4.97. The van der Waals surface area contributed by atoms with E-state index >= 15 is 0 Å². The van der Waals surface area contributed by atoms with E-state index in [1.807, 2.05) is 12.1 Å². The van der Waals surface area contributed by atoms with Gasteiger partial charge in [0.05, 0.1) is 5.02 Å². The van der Waals surface area contributed by atoms with Gasteiger partial charge in [0, 0.05) is 15.7 Å². The van der Waals surface area contributed by atoms with Crippen LogP contribution in [0.4, 0.5) is 5.69 Å². The van der Waals surface area contributed by atoms with Crippen molar-refractivity contribution in [3.63, 3.8) is 0 Å². The molecule has 1 heterocycles. The summed E-state index contributed by atoms with van der Waals surface area (Å²) in [6.45, 7) is 0.449. The van der Waals surface area contributed by atoms with Crippen LogP contribution in [0.15, 0.2) is 46.9 Å². The van der Waals surface area contributed by atoms with Gasteiger partial charge in [-0.15, -0.1) is 5.10 Å². The summed E-state index contributed by atoms with van der Waals surface area (Å²) in [6, 6.07) is 12.3. The van der Waals surface area contributed by atoms with Gasteiger partial charge < -0.3 is 14.5 Å². The van der Waals surface area contributed by atoms with Crippen molar-refractivity contribution in [1.29, 1.82) is 0 Å². The van der Waals surface area contributed by atoms with Crippen LogP contribution in [-0.4, -0.2) is 9.78 Å². The number of anilines is 1. The Hall–Kier alpha value is -1.73. The number of aromatic nitrogens is 2. The van der Waals surface area contributed by atoms with Gasteiger partial charge in [0.25, 0.3) is 10.7 Å². The van der Waals surface area contributed by atoms with Crippen molar-refractivity contribution >= 4 is 52.7 Å². The summed E-state index contributed by atoms with van der Waals surface area (Å²) in [6.07, 6.45) is 0. The molecule has 0 unspecified atom stereocenters. The monoisotopic (exact) mass is 415 g/mol. The highest BCUT2D eigenvalue weighted by Gasteiger charge is 2.08. The van der Waals surface area contributed by atoms with Crippen molar-refractivity contribution in [3.05, 3.63) is 68.3 Å². The van der Waals surface area contributed by atoms with E-state index < -0.39 is 0 Å². The second kappa shape index (κ2) is 8.10. The van der Waals surface area contributed by atoms with Crippen molar-refractivity contribution < 1.29 is 9.15 Å². The number of benzene rings is 2. The summed E-state index contributed by atoms with van der Waals surface area (Å²) < 4.78 is 12.5. The Morgan fingerprint density at radius 3 is 2.52 bits per heavy atom. The van der Waals surface area contributed by atoms with E-state index in [2.05, 4.69) is 10.4 Å². The van der Waals surface area contributed by atoms with Gasteiger partial charge in [-0.25, -0.2) is 4.68 Å². The van der Waals surface area contributed by atoms with Gasteiger partial charge in [0.2, 0.25) is 0 Å². The molecule has 0 spiro atoms. The molecule has 0 saturated carbocycles. The van der Waals surface area contributed by atoms with E-state index in [1.54, 1.807) is 30.3 Å². The number of ether oxygens (including phenoxy) is 1. The molecule has 1 aromatic heterocycles. The van der Waals surface area contributed by atoms with Crippen LogP contribution in [0.25, 0.3) is 0 Å². The Morgan fingerprint density at radius 1 is 1.08 bits per heavy atom. The van der Waals surface area contributed by atoms with Gasteiger partial charge in [0.1, 0.15) is 12.4 Å². The Labute approximate surface area is 164 Å². The molecule has 0 aliphatic heterocycles. The minimum absolute atomic E-state index is 0.0962. The van der Waals surface area contributed by atoms with E-state index in [-0.39, 0.29) is 11.4 Å². The van der Waals surface area contributed by atoms with Gasteiger partial charge in [-0.05, 0) is 54.7 Å². The molecular formula is C16H12Cl3N3O2S. The molecular weight excluding hydrogens is 405 g/mol. The van der Waals surface area contributed by atoms with Crippen molar-refractivity contribution in [2.24, 2.45) is 0 Å². The summed E-state index contributed by atoms with van der Waals surface area (Å²) in [5, 5.41) is 9.05. The summed E-state index contributed by atoms with van der Waals surface area (Å²) in [7, 11) is 0. The smallest absolute Gasteiger partial charge is 0.288 e. The normalized spacial score (nSPS) is 10.7. The van der Waals surface area contributed by atoms with Crippen LogP contribution in [0, 0.1) is 4.84 Å². The fourth-order valence-corrected chi connectivity index (χ4v) is 2.76. The third-order valence-electron chi connectivity index (χ3n) is 3.17. The van der Waals surface area contributed by atoms with Crippen molar-refractivity contribution in [1.82, 2.24) is 9.78 Å².